The number of aromatic nitrogens is 1. The number of hydrogen-bond acceptors (Lipinski definition) is 4. The molecule has 0 radical (unpaired) electrons. The summed E-state index contributed by atoms with van der Waals surface area (Å²) >= 11 is 5.91. The molecule has 0 bridgehead atoms. The van der Waals surface area contributed by atoms with Gasteiger partial charge in [-0.2, -0.15) is 0 Å². The Morgan fingerprint density at radius 3 is 2.79 bits per heavy atom. The van der Waals surface area contributed by atoms with Crippen LogP contribution < -0.4 is 4.74 Å². The van der Waals surface area contributed by atoms with E-state index in [4.69, 9.17) is 20.9 Å². The Hall–Kier alpha value is -2.01. The highest BCUT2D eigenvalue weighted by Crippen LogP contribution is 2.24. The molecule has 0 saturated carbocycles. The van der Waals surface area contributed by atoms with E-state index in [0.29, 0.717) is 23.9 Å². The molecular weight excluding hydrogens is 328 g/mol. The van der Waals surface area contributed by atoms with Crippen LogP contribution in [-0.2, 0) is 4.79 Å². The molecule has 0 aliphatic carbocycles. The lowest BCUT2D eigenvalue weighted by Gasteiger charge is -2.21. The molecular formula is C18H23ClN2O3. The Labute approximate surface area is 147 Å². The summed E-state index contributed by atoms with van der Waals surface area (Å²) in [5.74, 6) is 1.22. The largest absolute Gasteiger partial charge is 0.493 e. The fraction of sp³-hybridized carbons (Fsp3) is 0.444. The minimum absolute atomic E-state index is 0.0483. The Morgan fingerprint density at radius 2 is 2.17 bits per heavy atom. The second-order valence-corrected chi connectivity index (χ2v) is 6.32. The van der Waals surface area contributed by atoms with Gasteiger partial charge >= 0.3 is 0 Å². The molecule has 0 aliphatic heterocycles. The van der Waals surface area contributed by atoms with E-state index in [1.54, 1.807) is 24.1 Å². The lowest BCUT2D eigenvalue weighted by molar-refractivity contribution is -0.131. The van der Waals surface area contributed by atoms with E-state index >= 15 is 0 Å². The number of rotatable bonds is 7. The molecule has 0 N–H and O–H groups in total. The summed E-state index contributed by atoms with van der Waals surface area (Å²) in [6.45, 7) is 6.71. The second kappa shape index (κ2) is 8.20. The van der Waals surface area contributed by atoms with Crippen LogP contribution in [0.5, 0.6) is 5.75 Å². The highest BCUT2D eigenvalue weighted by Gasteiger charge is 2.25. The molecule has 1 atom stereocenters. The van der Waals surface area contributed by atoms with Crippen LogP contribution in [0.15, 0.2) is 28.8 Å². The Balaban J connectivity index is 1.81. The molecule has 1 heterocycles. The molecule has 0 spiro atoms. The molecule has 130 valence electrons. The van der Waals surface area contributed by atoms with Crippen molar-refractivity contribution in [3.05, 3.63) is 46.3 Å². The number of hydrogen-bond donors (Lipinski definition) is 0. The third-order valence-corrected chi connectivity index (χ3v) is 4.21. The zero-order chi connectivity index (χ0) is 17.7. The van der Waals surface area contributed by atoms with E-state index in [9.17, 15) is 4.79 Å². The number of nitrogens with zero attached hydrogens (tertiary/aromatic N) is 2. The van der Waals surface area contributed by atoms with Gasteiger partial charge in [0.05, 0.1) is 18.2 Å². The first kappa shape index (κ1) is 18.3. The molecule has 1 aromatic heterocycles. The SMILES string of the molecule is Cc1noc(C)c1C(C)C(=O)N(C)CCCOc1cccc(Cl)c1. The van der Waals surface area contributed by atoms with E-state index in [1.807, 2.05) is 32.9 Å². The molecule has 2 rings (SSSR count). The summed E-state index contributed by atoms with van der Waals surface area (Å²) in [5, 5.41) is 4.56. The number of amides is 1. The van der Waals surface area contributed by atoms with Crippen molar-refractivity contribution in [1.82, 2.24) is 10.1 Å². The molecule has 6 heteroatoms. The highest BCUT2D eigenvalue weighted by molar-refractivity contribution is 6.30. The van der Waals surface area contributed by atoms with Crippen LogP contribution in [0.2, 0.25) is 5.02 Å². The topological polar surface area (TPSA) is 55.6 Å². The van der Waals surface area contributed by atoms with Gasteiger partial charge in [0.2, 0.25) is 5.91 Å². The van der Waals surface area contributed by atoms with Crippen molar-refractivity contribution >= 4 is 17.5 Å². The summed E-state index contributed by atoms with van der Waals surface area (Å²) < 4.78 is 10.8. The van der Waals surface area contributed by atoms with Crippen molar-refractivity contribution in [2.24, 2.45) is 0 Å². The van der Waals surface area contributed by atoms with E-state index in [-0.39, 0.29) is 11.8 Å². The number of carbonyl (C=O) groups is 1. The van der Waals surface area contributed by atoms with Gasteiger partial charge in [-0.3, -0.25) is 4.79 Å². The minimum Gasteiger partial charge on any atom is -0.493 e. The first-order valence-electron chi connectivity index (χ1n) is 7.96. The second-order valence-electron chi connectivity index (χ2n) is 5.88. The molecule has 1 unspecified atom stereocenters. The van der Waals surface area contributed by atoms with Gasteiger partial charge in [0.15, 0.2) is 0 Å². The lowest BCUT2D eigenvalue weighted by Crippen LogP contribution is -2.32. The molecule has 24 heavy (non-hydrogen) atoms. The summed E-state index contributed by atoms with van der Waals surface area (Å²) in [6.07, 6.45) is 0.739. The fourth-order valence-electron chi connectivity index (χ4n) is 2.72. The average molecular weight is 351 g/mol. The van der Waals surface area contributed by atoms with Crippen LogP contribution in [-0.4, -0.2) is 36.2 Å². The molecule has 0 saturated heterocycles. The maximum atomic E-state index is 12.6. The molecule has 5 nitrogen and oxygen atoms in total. The van der Waals surface area contributed by atoms with Crippen LogP contribution in [0.3, 0.4) is 0 Å². The monoisotopic (exact) mass is 350 g/mol. The molecule has 0 fully saturated rings. The maximum Gasteiger partial charge on any atom is 0.229 e. The summed E-state index contributed by atoms with van der Waals surface area (Å²) in [7, 11) is 1.80. The normalized spacial score (nSPS) is 12.0. The van der Waals surface area contributed by atoms with Crippen molar-refractivity contribution in [2.75, 3.05) is 20.2 Å². The Morgan fingerprint density at radius 1 is 1.42 bits per heavy atom. The van der Waals surface area contributed by atoms with Gasteiger partial charge in [0, 0.05) is 24.2 Å². The van der Waals surface area contributed by atoms with Crippen LogP contribution in [0, 0.1) is 13.8 Å². The third kappa shape index (κ3) is 4.51. The van der Waals surface area contributed by atoms with Gasteiger partial charge in [0.1, 0.15) is 11.5 Å². The standard InChI is InChI=1S/C18H23ClN2O3/c1-12(17-13(2)20-24-14(17)3)18(22)21(4)9-6-10-23-16-8-5-7-15(19)11-16/h5,7-8,11-12H,6,9-10H2,1-4H3. The summed E-state index contributed by atoms with van der Waals surface area (Å²) in [4.78, 5) is 14.3. The quantitative estimate of drug-likeness (QED) is 0.709. The zero-order valence-corrected chi connectivity index (χ0v) is 15.3. The maximum absolute atomic E-state index is 12.6. The number of aryl methyl sites for hydroxylation is 2. The Bertz CT molecular complexity index is 680. The van der Waals surface area contributed by atoms with Gasteiger partial charge in [-0.1, -0.05) is 22.8 Å². The van der Waals surface area contributed by atoms with Gasteiger partial charge in [-0.25, -0.2) is 0 Å². The van der Waals surface area contributed by atoms with Crippen molar-refractivity contribution in [3.63, 3.8) is 0 Å². The number of likely N-dealkylation sites (N-methyl/N-ethyl adjacent to an activating group) is 1. The van der Waals surface area contributed by atoms with E-state index < -0.39 is 0 Å². The van der Waals surface area contributed by atoms with Crippen LogP contribution in [0.4, 0.5) is 0 Å². The molecule has 1 aromatic carbocycles. The first-order chi connectivity index (χ1) is 11.4. The van der Waals surface area contributed by atoms with Crippen molar-refractivity contribution < 1.29 is 14.1 Å². The number of halogens is 1. The van der Waals surface area contributed by atoms with Crippen molar-refractivity contribution in [3.8, 4) is 5.75 Å². The van der Waals surface area contributed by atoms with Crippen LogP contribution >= 0.6 is 11.6 Å². The number of carbonyl (C=O) groups excluding carboxylic acids is 1. The predicted molar refractivity (Wildman–Crippen MR) is 93.6 cm³/mol. The van der Waals surface area contributed by atoms with Gasteiger partial charge in [0.25, 0.3) is 0 Å². The van der Waals surface area contributed by atoms with E-state index in [0.717, 1.165) is 23.4 Å². The lowest BCUT2D eigenvalue weighted by atomic mass is 9.98. The summed E-state index contributed by atoms with van der Waals surface area (Å²) in [6, 6.07) is 7.28. The van der Waals surface area contributed by atoms with E-state index in [1.165, 1.54) is 0 Å². The third-order valence-electron chi connectivity index (χ3n) is 3.97. The molecule has 0 aliphatic rings. The smallest absolute Gasteiger partial charge is 0.229 e. The van der Waals surface area contributed by atoms with Crippen molar-refractivity contribution in [2.45, 2.75) is 33.1 Å². The molecule has 2 aromatic rings. The summed E-state index contributed by atoms with van der Waals surface area (Å²) in [5.41, 5.74) is 1.65. The van der Waals surface area contributed by atoms with Crippen LogP contribution in [0.1, 0.15) is 36.3 Å². The van der Waals surface area contributed by atoms with Gasteiger partial charge in [-0.05, 0) is 45.4 Å². The predicted octanol–water partition coefficient (Wildman–Crippen LogP) is 3.98. The van der Waals surface area contributed by atoms with Crippen LogP contribution in [0.25, 0.3) is 0 Å². The first-order valence-corrected chi connectivity index (χ1v) is 8.34. The molecule has 1 amide bonds. The number of benzene rings is 1. The Kier molecular flexibility index (Phi) is 6.26. The van der Waals surface area contributed by atoms with E-state index in [2.05, 4.69) is 5.16 Å². The fourth-order valence-corrected chi connectivity index (χ4v) is 2.90. The highest BCUT2D eigenvalue weighted by atomic mass is 35.5. The minimum atomic E-state index is -0.268. The van der Waals surface area contributed by atoms with Crippen molar-refractivity contribution in [1.29, 1.82) is 0 Å². The van der Waals surface area contributed by atoms with Gasteiger partial charge in [-0.15, -0.1) is 0 Å². The average Bonchev–Trinajstić information content (AvgIpc) is 2.89. The zero-order valence-electron chi connectivity index (χ0n) is 14.5. The van der Waals surface area contributed by atoms with Gasteiger partial charge < -0.3 is 14.2 Å². The number of ether oxygens (including phenoxy) is 1.